The smallest absolute Gasteiger partial charge is 0.274 e. The molecule has 1 aromatic rings. The molecule has 5 nitrogen and oxygen atoms in total. The zero-order valence-corrected chi connectivity index (χ0v) is 9.87. The van der Waals surface area contributed by atoms with Crippen molar-refractivity contribution in [1.82, 2.24) is 0 Å². The summed E-state index contributed by atoms with van der Waals surface area (Å²) >= 11 is 5.73. The van der Waals surface area contributed by atoms with Crippen LogP contribution in [0.15, 0.2) is 18.2 Å². The Morgan fingerprint density at radius 1 is 1.56 bits per heavy atom. The molecule has 90 valence electrons. The molecule has 0 aliphatic heterocycles. The monoisotopic (exact) mass is 266 g/mol. The van der Waals surface area contributed by atoms with Gasteiger partial charge in [0.25, 0.3) is 5.69 Å². The summed E-state index contributed by atoms with van der Waals surface area (Å²) in [6.07, 6.45) is 0.265. The molecule has 0 bridgehead atoms. The van der Waals surface area contributed by atoms with Crippen LogP contribution in [0.3, 0.4) is 0 Å². The van der Waals surface area contributed by atoms with Crippen LogP contribution in [0.1, 0.15) is 18.0 Å². The number of hydrogen-bond acceptors (Lipinski definition) is 4. The van der Waals surface area contributed by atoms with Gasteiger partial charge in [-0.15, -0.1) is 12.4 Å². The maximum Gasteiger partial charge on any atom is 0.274 e. The molecular weight excluding hydrogens is 255 g/mol. The predicted molar refractivity (Wildman–Crippen MR) is 64.0 cm³/mol. The van der Waals surface area contributed by atoms with Crippen molar-refractivity contribution >= 4 is 29.7 Å². The molecule has 1 unspecified atom stereocenters. The Balaban J connectivity index is 0.00000225. The second-order valence-corrected chi connectivity index (χ2v) is 3.52. The second-order valence-electron chi connectivity index (χ2n) is 3.08. The van der Waals surface area contributed by atoms with E-state index >= 15 is 0 Å². The number of nitro groups is 1. The number of nitrogens with zero attached hydrogens (tertiary/aromatic N) is 1. The molecule has 16 heavy (non-hydrogen) atoms. The molecular formula is C9H12Cl2N2O3. The zero-order valence-electron chi connectivity index (χ0n) is 8.30. The molecule has 7 heteroatoms. The summed E-state index contributed by atoms with van der Waals surface area (Å²) in [6, 6.07) is 3.64. The SMILES string of the molecule is Cl.NC(CCO)c1cc(Cl)ccc1[N+](=O)[O-]. The summed E-state index contributed by atoms with van der Waals surface area (Å²) in [5.74, 6) is 0. The van der Waals surface area contributed by atoms with Crippen molar-refractivity contribution in [2.45, 2.75) is 12.5 Å². The second kappa shape index (κ2) is 6.65. The molecule has 0 fully saturated rings. The maximum absolute atomic E-state index is 10.7. The minimum Gasteiger partial charge on any atom is -0.396 e. The predicted octanol–water partition coefficient (Wildman–Crippen LogP) is 2.05. The number of nitro benzene ring substituents is 1. The Morgan fingerprint density at radius 2 is 2.19 bits per heavy atom. The van der Waals surface area contributed by atoms with E-state index in [9.17, 15) is 10.1 Å². The first-order chi connectivity index (χ1) is 7.06. The van der Waals surface area contributed by atoms with Crippen molar-refractivity contribution in [2.75, 3.05) is 6.61 Å². The van der Waals surface area contributed by atoms with Gasteiger partial charge in [-0.2, -0.15) is 0 Å². The number of nitrogens with two attached hydrogens (primary N) is 1. The average Bonchev–Trinajstić information content (AvgIpc) is 2.17. The first-order valence-corrected chi connectivity index (χ1v) is 4.74. The van der Waals surface area contributed by atoms with Crippen molar-refractivity contribution in [2.24, 2.45) is 5.73 Å². The van der Waals surface area contributed by atoms with Gasteiger partial charge in [-0.05, 0) is 18.6 Å². The number of rotatable bonds is 4. The van der Waals surface area contributed by atoms with Gasteiger partial charge in [-0.3, -0.25) is 10.1 Å². The van der Waals surface area contributed by atoms with Gasteiger partial charge in [-0.1, -0.05) is 11.6 Å². The lowest BCUT2D eigenvalue weighted by molar-refractivity contribution is -0.385. The first-order valence-electron chi connectivity index (χ1n) is 4.36. The van der Waals surface area contributed by atoms with E-state index in [0.717, 1.165) is 0 Å². The molecule has 0 radical (unpaired) electrons. The van der Waals surface area contributed by atoms with Crippen LogP contribution in [0.4, 0.5) is 5.69 Å². The van der Waals surface area contributed by atoms with Crippen molar-refractivity contribution in [3.8, 4) is 0 Å². The third-order valence-corrected chi connectivity index (χ3v) is 2.26. The van der Waals surface area contributed by atoms with Crippen molar-refractivity contribution < 1.29 is 10.0 Å². The summed E-state index contributed by atoms with van der Waals surface area (Å²) in [5.41, 5.74) is 5.97. The van der Waals surface area contributed by atoms with E-state index < -0.39 is 11.0 Å². The number of aliphatic hydroxyl groups is 1. The third-order valence-electron chi connectivity index (χ3n) is 2.03. The van der Waals surface area contributed by atoms with E-state index in [1.165, 1.54) is 18.2 Å². The normalized spacial score (nSPS) is 11.7. The summed E-state index contributed by atoms with van der Waals surface area (Å²) in [7, 11) is 0. The van der Waals surface area contributed by atoms with Crippen LogP contribution < -0.4 is 5.73 Å². The van der Waals surface area contributed by atoms with Gasteiger partial charge in [0.1, 0.15) is 0 Å². The molecule has 0 aliphatic rings. The van der Waals surface area contributed by atoms with E-state index in [-0.39, 0.29) is 31.1 Å². The molecule has 0 aliphatic carbocycles. The number of benzene rings is 1. The fourth-order valence-corrected chi connectivity index (χ4v) is 1.46. The van der Waals surface area contributed by atoms with Gasteiger partial charge in [0, 0.05) is 29.3 Å². The number of hydrogen-bond donors (Lipinski definition) is 2. The molecule has 0 spiro atoms. The lowest BCUT2D eigenvalue weighted by Gasteiger charge is -2.10. The molecule has 3 N–H and O–H groups in total. The lowest BCUT2D eigenvalue weighted by atomic mass is 10.0. The highest BCUT2D eigenvalue weighted by Gasteiger charge is 2.19. The molecule has 1 aromatic carbocycles. The van der Waals surface area contributed by atoms with Crippen LogP contribution in [0.25, 0.3) is 0 Å². The molecule has 0 amide bonds. The number of halogens is 2. The van der Waals surface area contributed by atoms with E-state index in [1.807, 2.05) is 0 Å². The Labute approximate surface area is 104 Å². The van der Waals surface area contributed by atoms with E-state index in [1.54, 1.807) is 0 Å². The van der Waals surface area contributed by atoms with Gasteiger partial charge in [0.05, 0.1) is 4.92 Å². The van der Waals surface area contributed by atoms with E-state index in [0.29, 0.717) is 10.6 Å². The van der Waals surface area contributed by atoms with Gasteiger partial charge >= 0.3 is 0 Å². The minimum atomic E-state index is -0.575. The van der Waals surface area contributed by atoms with E-state index in [2.05, 4.69) is 0 Å². The standard InChI is InChI=1S/C9H11ClN2O3.ClH/c10-6-1-2-9(12(14)15)7(5-6)8(11)3-4-13;/h1-2,5,8,13H,3-4,11H2;1H. The number of aliphatic hydroxyl groups excluding tert-OH is 1. The Morgan fingerprint density at radius 3 is 2.69 bits per heavy atom. The topological polar surface area (TPSA) is 89.4 Å². The van der Waals surface area contributed by atoms with Crippen molar-refractivity contribution in [3.63, 3.8) is 0 Å². The molecule has 0 saturated carbocycles. The first kappa shape index (κ1) is 15.1. The maximum atomic E-state index is 10.7. The van der Waals surface area contributed by atoms with Gasteiger partial charge in [-0.25, -0.2) is 0 Å². The Kier molecular flexibility index (Phi) is 6.28. The van der Waals surface area contributed by atoms with Crippen LogP contribution in [0, 0.1) is 10.1 Å². The quantitative estimate of drug-likeness (QED) is 0.645. The van der Waals surface area contributed by atoms with Crippen LogP contribution in [-0.2, 0) is 0 Å². The van der Waals surface area contributed by atoms with Crippen LogP contribution in [-0.4, -0.2) is 16.6 Å². The summed E-state index contributed by atoms with van der Waals surface area (Å²) in [6.45, 7) is -0.120. The minimum absolute atomic E-state index is 0. The highest BCUT2D eigenvalue weighted by atomic mass is 35.5. The molecule has 1 atom stereocenters. The van der Waals surface area contributed by atoms with Crippen LogP contribution >= 0.6 is 24.0 Å². The molecule has 0 saturated heterocycles. The van der Waals surface area contributed by atoms with Gasteiger partial charge in [0.2, 0.25) is 0 Å². The molecule has 1 rings (SSSR count). The highest BCUT2D eigenvalue weighted by molar-refractivity contribution is 6.30. The van der Waals surface area contributed by atoms with Crippen LogP contribution in [0.5, 0.6) is 0 Å². The fraction of sp³-hybridized carbons (Fsp3) is 0.333. The highest BCUT2D eigenvalue weighted by Crippen LogP contribution is 2.28. The van der Waals surface area contributed by atoms with E-state index in [4.69, 9.17) is 22.4 Å². The fourth-order valence-electron chi connectivity index (χ4n) is 1.28. The average molecular weight is 267 g/mol. The largest absolute Gasteiger partial charge is 0.396 e. The lowest BCUT2D eigenvalue weighted by Crippen LogP contribution is -2.13. The molecule has 0 aromatic heterocycles. The van der Waals surface area contributed by atoms with Crippen molar-refractivity contribution in [3.05, 3.63) is 38.9 Å². The summed E-state index contributed by atoms with van der Waals surface area (Å²) in [5, 5.41) is 19.8. The van der Waals surface area contributed by atoms with Crippen LogP contribution in [0.2, 0.25) is 5.02 Å². The van der Waals surface area contributed by atoms with Gasteiger partial charge < -0.3 is 10.8 Å². The van der Waals surface area contributed by atoms with Crippen molar-refractivity contribution in [1.29, 1.82) is 0 Å². The Bertz CT molecular complexity index is 374. The summed E-state index contributed by atoms with van der Waals surface area (Å²) in [4.78, 5) is 10.2. The Hall–Kier alpha value is -0.880. The molecule has 0 heterocycles. The summed E-state index contributed by atoms with van der Waals surface area (Å²) < 4.78 is 0. The third kappa shape index (κ3) is 3.61. The zero-order chi connectivity index (χ0) is 11.4. The van der Waals surface area contributed by atoms with Gasteiger partial charge in [0.15, 0.2) is 0 Å².